The van der Waals surface area contributed by atoms with Crippen LogP contribution in [0.3, 0.4) is 0 Å². The van der Waals surface area contributed by atoms with Crippen molar-refractivity contribution in [2.75, 3.05) is 47.0 Å². The summed E-state index contributed by atoms with van der Waals surface area (Å²) in [6.45, 7) is 3.71. The van der Waals surface area contributed by atoms with Gasteiger partial charge in [0.2, 0.25) is 11.8 Å². The van der Waals surface area contributed by atoms with Crippen LogP contribution in [-0.4, -0.2) is 74.2 Å². The fourth-order valence-electron chi connectivity index (χ4n) is 4.56. The van der Waals surface area contributed by atoms with Crippen LogP contribution in [0.4, 0.5) is 0 Å². The highest BCUT2D eigenvalue weighted by Crippen LogP contribution is 2.42. The first-order chi connectivity index (χ1) is 12.0. The molecule has 2 heterocycles. The van der Waals surface area contributed by atoms with Crippen LogP contribution in [0.25, 0.3) is 0 Å². The molecule has 1 saturated carbocycles. The summed E-state index contributed by atoms with van der Waals surface area (Å²) in [5.41, 5.74) is -0.00568. The van der Waals surface area contributed by atoms with Gasteiger partial charge in [0, 0.05) is 46.8 Å². The largest absolute Gasteiger partial charge is 0.383 e. The average molecular weight is 352 g/mol. The highest BCUT2D eigenvalue weighted by Gasteiger charge is 2.44. The van der Waals surface area contributed by atoms with Gasteiger partial charge in [0.15, 0.2) is 0 Å². The van der Waals surface area contributed by atoms with Crippen LogP contribution in [-0.2, 0) is 19.1 Å². The van der Waals surface area contributed by atoms with E-state index >= 15 is 0 Å². The second kappa shape index (κ2) is 7.62. The van der Waals surface area contributed by atoms with Crippen molar-refractivity contribution >= 4 is 11.8 Å². The Morgan fingerprint density at radius 3 is 2.40 bits per heavy atom. The van der Waals surface area contributed by atoms with Crippen LogP contribution >= 0.6 is 0 Å². The first-order valence-corrected chi connectivity index (χ1v) is 9.61. The Bertz CT molecular complexity index is 490. The maximum Gasteiger partial charge on any atom is 0.225 e. The zero-order valence-electron chi connectivity index (χ0n) is 15.7. The molecule has 142 valence electrons. The molecule has 0 aromatic heterocycles. The smallest absolute Gasteiger partial charge is 0.225 e. The van der Waals surface area contributed by atoms with Crippen LogP contribution in [0.5, 0.6) is 0 Å². The number of likely N-dealkylation sites (tertiary alicyclic amines) is 2. The molecule has 6 heteroatoms. The van der Waals surface area contributed by atoms with Gasteiger partial charge in [-0.05, 0) is 43.9 Å². The molecule has 3 rings (SSSR count). The molecule has 0 unspecified atom stereocenters. The Balaban J connectivity index is 1.52. The van der Waals surface area contributed by atoms with E-state index in [4.69, 9.17) is 9.47 Å². The summed E-state index contributed by atoms with van der Waals surface area (Å²) in [5, 5.41) is 0. The molecule has 3 aliphatic rings. The van der Waals surface area contributed by atoms with Gasteiger partial charge < -0.3 is 19.3 Å². The highest BCUT2D eigenvalue weighted by atomic mass is 16.5. The zero-order chi connectivity index (χ0) is 17.9. The number of methoxy groups -OCH3 is 2. The van der Waals surface area contributed by atoms with Crippen molar-refractivity contribution in [3.63, 3.8) is 0 Å². The topological polar surface area (TPSA) is 59.1 Å². The highest BCUT2D eigenvalue weighted by molar-refractivity contribution is 5.78. The van der Waals surface area contributed by atoms with Gasteiger partial charge in [-0.25, -0.2) is 0 Å². The molecule has 2 amide bonds. The molecule has 0 bridgehead atoms. The van der Waals surface area contributed by atoms with Gasteiger partial charge in [0.25, 0.3) is 0 Å². The maximum absolute atomic E-state index is 12.7. The van der Waals surface area contributed by atoms with Gasteiger partial charge >= 0.3 is 0 Å². The van der Waals surface area contributed by atoms with E-state index in [-0.39, 0.29) is 22.8 Å². The molecule has 25 heavy (non-hydrogen) atoms. The lowest BCUT2D eigenvalue weighted by molar-refractivity contribution is -0.149. The van der Waals surface area contributed by atoms with Crippen LogP contribution in [0.1, 0.15) is 51.4 Å². The summed E-state index contributed by atoms with van der Waals surface area (Å²) in [7, 11) is 3.40. The predicted octanol–water partition coefficient (Wildman–Crippen LogP) is 1.82. The molecule has 2 aliphatic heterocycles. The summed E-state index contributed by atoms with van der Waals surface area (Å²) >= 11 is 0. The minimum Gasteiger partial charge on any atom is -0.383 e. The second-order valence-electron chi connectivity index (χ2n) is 8.11. The van der Waals surface area contributed by atoms with E-state index in [9.17, 15) is 9.59 Å². The molecule has 6 nitrogen and oxygen atoms in total. The lowest BCUT2D eigenvalue weighted by Gasteiger charge is -2.48. The van der Waals surface area contributed by atoms with Crippen molar-refractivity contribution in [3.8, 4) is 0 Å². The van der Waals surface area contributed by atoms with E-state index in [0.29, 0.717) is 26.0 Å². The minimum absolute atomic E-state index is 0.188. The van der Waals surface area contributed by atoms with Crippen molar-refractivity contribution < 1.29 is 19.1 Å². The number of rotatable bonds is 6. The number of nitrogens with zero attached hydrogens (tertiary/aromatic N) is 2. The average Bonchev–Trinajstić information content (AvgIpc) is 2.59. The monoisotopic (exact) mass is 352 g/mol. The van der Waals surface area contributed by atoms with Crippen molar-refractivity contribution in [1.29, 1.82) is 0 Å². The van der Waals surface area contributed by atoms with Crippen molar-refractivity contribution in [2.45, 2.75) is 57.0 Å². The lowest BCUT2D eigenvalue weighted by atomic mass is 9.72. The standard InChI is InChI=1S/C19H32N2O4/c1-24-13-12-21-15-18(7-4-16(21)22)8-10-20(11-9-18)17(23)14-19(25-2)5-3-6-19/h3-15H2,1-2H3. The molecule has 0 radical (unpaired) electrons. The van der Waals surface area contributed by atoms with E-state index in [0.717, 1.165) is 58.2 Å². The fourth-order valence-corrected chi connectivity index (χ4v) is 4.56. The third kappa shape index (κ3) is 4.00. The molecule has 0 N–H and O–H groups in total. The quantitative estimate of drug-likeness (QED) is 0.732. The number of hydrogen-bond donors (Lipinski definition) is 0. The first kappa shape index (κ1) is 18.6. The molecule has 1 spiro atoms. The molecule has 2 saturated heterocycles. The summed E-state index contributed by atoms with van der Waals surface area (Å²) in [6.07, 6.45) is 7.27. The van der Waals surface area contributed by atoms with E-state index in [1.807, 2.05) is 9.80 Å². The number of piperidine rings is 2. The summed E-state index contributed by atoms with van der Waals surface area (Å²) in [5.74, 6) is 0.479. The third-order valence-electron chi connectivity index (χ3n) is 6.66. The Morgan fingerprint density at radius 2 is 1.84 bits per heavy atom. The van der Waals surface area contributed by atoms with Gasteiger partial charge in [0.05, 0.1) is 18.6 Å². The van der Waals surface area contributed by atoms with E-state index in [1.54, 1.807) is 14.2 Å². The summed E-state index contributed by atoms with van der Waals surface area (Å²) in [6, 6.07) is 0. The number of amides is 2. The molecule has 0 aromatic rings. The molecule has 1 aliphatic carbocycles. The fraction of sp³-hybridized carbons (Fsp3) is 0.895. The van der Waals surface area contributed by atoms with Crippen molar-refractivity contribution in [3.05, 3.63) is 0 Å². The summed E-state index contributed by atoms with van der Waals surface area (Å²) in [4.78, 5) is 28.8. The van der Waals surface area contributed by atoms with Crippen LogP contribution in [0.2, 0.25) is 0 Å². The van der Waals surface area contributed by atoms with E-state index in [1.165, 1.54) is 0 Å². The van der Waals surface area contributed by atoms with Crippen LogP contribution in [0, 0.1) is 5.41 Å². The molecular weight excluding hydrogens is 320 g/mol. The van der Waals surface area contributed by atoms with Gasteiger partial charge in [0.1, 0.15) is 0 Å². The van der Waals surface area contributed by atoms with Gasteiger partial charge in [-0.1, -0.05) is 0 Å². The normalized spacial score (nSPS) is 25.1. The Labute approximate surface area is 150 Å². The Kier molecular flexibility index (Phi) is 5.68. The Morgan fingerprint density at radius 1 is 1.12 bits per heavy atom. The molecular formula is C19H32N2O4. The Hall–Kier alpha value is -1.14. The zero-order valence-corrected chi connectivity index (χ0v) is 15.7. The molecule has 3 fully saturated rings. The number of carbonyl (C=O) groups excluding carboxylic acids is 2. The number of hydrogen-bond acceptors (Lipinski definition) is 4. The van der Waals surface area contributed by atoms with Crippen LogP contribution < -0.4 is 0 Å². The van der Waals surface area contributed by atoms with Crippen molar-refractivity contribution in [1.82, 2.24) is 9.80 Å². The van der Waals surface area contributed by atoms with Gasteiger partial charge in [-0.15, -0.1) is 0 Å². The van der Waals surface area contributed by atoms with E-state index in [2.05, 4.69) is 0 Å². The lowest BCUT2D eigenvalue weighted by Crippen LogP contribution is -2.54. The maximum atomic E-state index is 12.7. The predicted molar refractivity (Wildman–Crippen MR) is 94.1 cm³/mol. The van der Waals surface area contributed by atoms with Gasteiger partial charge in [-0.2, -0.15) is 0 Å². The second-order valence-corrected chi connectivity index (χ2v) is 8.11. The molecule has 0 atom stereocenters. The third-order valence-corrected chi connectivity index (χ3v) is 6.66. The van der Waals surface area contributed by atoms with Gasteiger partial charge in [-0.3, -0.25) is 9.59 Å². The minimum atomic E-state index is -0.194. The SMILES string of the molecule is COCCN1CC2(CCC1=O)CCN(C(=O)CC1(OC)CCC1)CC2. The number of ether oxygens (including phenoxy) is 2. The first-order valence-electron chi connectivity index (χ1n) is 9.61. The summed E-state index contributed by atoms with van der Waals surface area (Å²) < 4.78 is 10.7. The number of carbonyl (C=O) groups is 2. The van der Waals surface area contributed by atoms with E-state index < -0.39 is 0 Å². The van der Waals surface area contributed by atoms with Crippen molar-refractivity contribution in [2.24, 2.45) is 5.41 Å². The van der Waals surface area contributed by atoms with Crippen LogP contribution in [0.15, 0.2) is 0 Å². The molecule has 0 aromatic carbocycles.